The summed E-state index contributed by atoms with van der Waals surface area (Å²) in [7, 11) is 1.45. The SMILES string of the molecule is CCCCC/C=C/C/C=C/C/C=C/CCCCC(=O)O[C@H](COC(=O)CCCCCCCCCCCCCCCCC)COP(=O)(O)OCC[N+](C)(C)C. The quantitative estimate of drug-likeness (QED) is 0.0216. The molecule has 1 N–H and O–H groups in total. The number of likely N-dealkylation sites (N-methyl/N-ethyl adjacent to an activating group) is 1. The maximum Gasteiger partial charge on any atom is 0.472 e. The summed E-state index contributed by atoms with van der Waals surface area (Å²) in [5.41, 5.74) is 0. The number of rotatable bonds is 39. The van der Waals surface area contributed by atoms with Gasteiger partial charge < -0.3 is 18.9 Å². The minimum Gasteiger partial charge on any atom is -0.462 e. The predicted molar refractivity (Wildman–Crippen MR) is 224 cm³/mol. The van der Waals surface area contributed by atoms with Gasteiger partial charge in [0.25, 0.3) is 0 Å². The Morgan fingerprint density at radius 1 is 0.574 bits per heavy atom. The molecule has 0 saturated carbocycles. The number of hydrogen-bond donors (Lipinski definition) is 1. The number of quaternary nitrogens is 1. The number of ether oxygens (including phenoxy) is 2. The first-order chi connectivity index (χ1) is 26.0. The van der Waals surface area contributed by atoms with Gasteiger partial charge in [-0.05, 0) is 51.4 Å². The highest BCUT2D eigenvalue weighted by atomic mass is 31.2. The molecule has 0 bridgehead atoms. The molecular weight excluding hydrogens is 701 g/mol. The minimum absolute atomic E-state index is 0.0250. The Morgan fingerprint density at radius 3 is 1.52 bits per heavy atom. The van der Waals surface area contributed by atoms with Crippen LogP contribution < -0.4 is 0 Å². The van der Waals surface area contributed by atoms with Crippen molar-refractivity contribution in [1.82, 2.24) is 0 Å². The molecule has 9 nitrogen and oxygen atoms in total. The normalized spacial score (nSPS) is 14.0. The second-order valence-electron chi connectivity index (χ2n) is 15.7. The van der Waals surface area contributed by atoms with E-state index < -0.39 is 26.5 Å². The average molecular weight is 785 g/mol. The first kappa shape index (κ1) is 52.2. The fourth-order valence-electron chi connectivity index (χ4n) is 5.73. The van der Waals surface area contributed by atoms with Crippen molar-refractivity contribution in [1.29, 1.82) is 0 Å². The molecule has 10 heteroatoms. The molecule has 0 fully saturated rings. The minimum atomic E-state index is -4.38. The summed E-state index contributed by atoms with van der Waals surface area (Å²) in [4.78, 5) is 35.3. The highest BCUT2D eigenvalue weighted by Crippen LogP contribution is 2.43. The lowest BCUT2D eigenvalue weighted by Crippen LogP contribution is -2.37. The Morgan fingerprint density at radius 2 is 1.00 bits per heavy atom. The van der Waals surface area contributed by atoms with Crippen molar-refractivity contribution in [3.05, 3.63) is 36.5 Å². The van der Waals surface area contributed by atoms with Gasteiger partial charge in [-0.15, -0.1) is 0 Å². The van der Waals surface area contributed by atoms with Crippen LogP contribution in [0.3, 0.4) is 0 Å². The summed E-state index contributed by atoms with van der Waals surface area (Å²) < 4.78 is 34.2. The van der Waals surface area contributed by atoms with Crippen LogP contribution in [0.1, 0.15) is 181 Å². The number of phosphoric ester groups is 1. The smallest absolute Gasteiger partial charge is 0.462 e. The molecule has 0 aromatic heterocycles. The number of phosphoric acid groups is 1. The lowest BCUT2D eigenvalue weighted by atomic mass is 10.0. The van der Waals surface area contributed by atoms with Gasteiger partial charge in [-0.2, -0.15) is 0 Å². The molecule has 0 spiro atoms. The van der Waals surface area contributed by atoms with Gasteiger partial charge in [0.2, 0.25) is 0 Å². The van der Waals surface area contributed by atoms with Crippen LogP contribution in [0.4, 0.5) is 0 Å². The topological polar surface area (TPSA) is 108 Å². The van der Waals surface area contributed by atoms with Crippen molar-refractivity contribution >= 4 is 19.8 Å². The van der Waals surface area contributed by atoms with Crippen molar-refractivity contribution in [2.75, 3.05) is 47.5 Å². The molecule has 316 valence electrons. The molecule has 0 aromatic rings. The lowest BCUT2D eigenvalue weighted by molar-refractivity contribution is -0.870. The van der Waals surface area contributed by atoms with Crippen LogP contribution in [0.5, 0.6) is 0 Å². The van der Waals surface area contributed by atoms with Gasteiger partial charge in [0.1, 0.15) is 19.8 Å². The number of unbranched alkanes of at least 4 members (excludes halogenated alkanes) is 19. The average Bonchev–Trinajstić information content (AvgIpc) is 3.12. The van der Waals surface area contributed by atoms with Gasteiger partial charge in [0.05, 0.1) is 27.7 Å². The molecule has 0 rings (SSSR count). The largest absolute Gasteiger partial charge is 0.472 e. The predicted octanol–water partition coefficient (Wildman–Crippen LogP) is 12.1. The van der Waals surface area contributed by atoms with E-state index >= 15 is 0 Å². The van der Waals surface area contributed by atoms with E-state index in [1.54, 1.807) is 0 Å². The molecule has 1 unspecified atom stereocenters. The third kappa shape index (κ3) is 39.9. The second kappa shape index (κ2) is 36.8. The Hall–Kier alpha value is -1.77. The van der Waals surface area contributed by atoms with Gasteiger partial charge in [0, 0.05) is 12.8 Å². The number of carbonyl (C=O) groups is 2. The van der Waals surface area contributed by atoms with E-state index in [0.29, 0.717) is 17.4 Å². The Kier molecular flexibility index (Phi) is 35.6. The maximum absolute atomic E-state index is 12.7. The Bertz CT molecular complexity index is 1020. The highest BCUT2D eigenvalue weighted by molar-refractivity contribution is 7.47. The van der Waals surface area contributed by atoms with Crippen LogP contribution in [0.2, 0.25) is 0 Å². The molecule has 0 amide bonds. The summed E-state index contributed by atoms with van der Waals surface area (Å²) in [5, 5.41) is 0. The summed E-state index contributed by atoms with van der Waals surface area (Å²) in [6.45, 7) is 4.35. The second-order valence-corrected chi connectivity index (χ2v) is 17.2. The van der Waals surface area contributed by atoms with Gasteiger partial charge in [-0.3, -0.25) is 18.6 Å². The first-order valence-corrected chi connectivity index (χ1v) is 23.2. The summed E-state index contributed by atoms with van der Waals surface area (Å²) in [5.74, 6) is -0.840. The molecule has 0 aromatic carbocycles. The van der Waals surface area contributed by atoms with Crippen molar-refractivity contribution in [2.45, 2.75) is 187 Å². The molecule has 0 aliphatic rings. The van der Waals surface area contributed by atoms with E-state index in [-0.39, 0.29) is 32.0 Å². The lowest BCUT2D eigenvalue weighted by Gasteiger charge is -2.24. The van der Waals surface area contributed by atoms with E-state index in [0.717, 1.165) is 51.4 Å². The number of esters is 2. The standard InChI is InChI=1S/C44H82NO8P/c1-6-8-10-12-14-16-18-20-22-24-26-28-30-32-34-36-43(46)50-40-42(41-52-54(48,49)51-39-38-45(3,4)5)53-44(47)37-35-33-31-29-27-25-23-21-19-17-15-13-11-9-7-2/h15,17,21,23,27,29,42H,6-14,16,18-20,22,24-26,28,30-41H2,1-5H3/p+1/b17-15+,23-21+,29-27+/t42-/m1/s1. The molecule has 54 heavy (non-hydrogen) atoms. The maximum atomic E-state index is 12.7. The van der Waals surface area contributed by atoms with Crippen LogP contribution in [0, 0.1) is 0 Å². The third-order valence-corrected chi connectivity index (χ3v) is 10.2. The van der Waals surface area contributed by atoms with Crippen LogP contribution in [-0.4, -0.2) is 74.9 Å². The molecule has 0 aliphatic carbocycles. The summed E-state index contributed by atoms with van der Waals surface area (Å²) in [6.07, 6.45) is 40.5. The molecular formula is C44H83NO8P+. The molecule has 0 aliphatic heterocycles. The summed E-state index contributed by atoms with van der Waals surface area (Å²) >= 11 is 0. The fraction of sp³-hybridized carbons (Fsp3) is 0.818. The van der Waals surface area contributed by atoms with Gasteiger partial charge >= 0.3 is 19.8 Å². The Labute approximate surface area is 331 Å². The van der Waals surface area contributed by atoms with Crippen LogP contribution in [0.15, 0.2) is 36.5 Å². The zero-order chi connectivity index (χ0) is 40.0. The molecule has 0 saturated heterocycles. The molecule has 0 heterocycles. The van der Waals surface area contributed by atoms with E-state index in [2.05, 4.69) is 50.3 Å². The first-order valence-electron chi connectivity index (χ1n) is 21.7. The number of nitrogens with zero attached hydrogens (tertiary/aromatic N) is 1. The zero-order valence-electron chi connectivity index (χ0n) is 35.5. The van der Waals surface area contributed by atoms with E-state index in [1.165, 1.54) is 96.3 Å². The van der Waals surface area contributed by atoms with E-state index in [4.69, 9.17) is 18.5 Å². The van der Waals surface area contributed by atoms with Crippen LogP contribution in [0.25, 0.3) is 0 Å². The third-order valence-electron chi connectivity index (χ3n) is 9.17. The van der Waals surface area contributed by atoms with Crippen LogP contribution >= 0.6 is 7.82 Å². The summed E-state index contributed by atoms with van der Waals surface area (Å²) in [6, 6.07) is 0. The van der Waals surface area contributed by atoms with Crippen molar-refractivity contribution in [3.63, 3.8) is 0 Å². The molecule has 0 radical (unpaired) electrons. The number of carbonyl (C=O) groups excluding carboxylic acids is 2. The van der Waals surface area contributed by atoms with Crippen molar-refractivity contribution in [3.8, 4) is 0 Å². The van der Waals surface area contributed by atoms with Crippen molar-refractivity contribution < 1.29 is 42.1 Å². The van der Waals surface area contributed by atoms with Gasteiger partial charge in [-0.25, -0.2) is 4.57 Å². The zero-order valence-corrected chi connectivity index (χ0v) is 36.3. The number of allylic oxidation sites excluding steroid dienone is 6. The van der Waals surface area contributed by atoms with Crippen molar-refractivity contribution in [2.24, 2.45) is 0 Å². The number of hydrogen-bond acceptors (Lipinski definition) is 7. The van der Waals surface area contributed by atoms with Gasteiger partial charge in [-0.1, -0.05) is 153 Å². The monoisotopic (exact) mass is 785 g/mol. The van der Waals surface area contributed by atoms with E-state index in [9.17, 15) is 19.0 Å². The molecule has 2 atom stereocenters. The Balaban J connectivity index is 4.42. The van der Waals surface area contributed by atoms with E-state index in [1.807, 2.05) is 21.1 Å². The van der Waals surface area contributed by atoms with Crippen LogP contribution in [-0.2, 0) is 32.7 Å². The fourth-order valence-corrected chi connectivity index (χ4v) is 6.47. The van der Waals surface area contributed by atoms with Gasteiger partial charge in [0.15, 0.2) is 6.10 Å². The highest BCUT2D eigenvalue weighted by Gasteiger charge is 2.27.